The van der Waals surface area contributed by atoms with Crippen LogP contribution in [0.15, 0.2) is 30.3 Å². The molecule has 4 heteroatoms. The number of aliphatic hydroxyl groups is 1. The maximum Gasteiger partial charge on any atom is 0.321 e. The number of urea groups is 1. The van der Waals surface area contributed by atoms with Crippen molar-refractivity contribution in [2.24, 2.45) is 0 Å². The van der Waals surface area contributed by atoms with Gasteiger partial charge in [-0.15, -0.1) is 0 Å². The van der Waals surface area contributed by atoms with Crippen LogP contribution in [0.4, 0.5) is 10.5 Å². The molecule has 1 saturated carbocycles. The largest absolute Gasteiger partial charge is 0.393 e. The first kappa shape index (κ1) is 12.9. The van der Waals surface area contributed by atoms with Gasteiger partial charge in [-0.3, -0.25) is 0 Å². The van der Waals surface area contributed by atoms with Gasteiger partial charge in [0.15, 0.2) is 0 Å². The SMILES string of the molecule is CN(C(=O)Nc1ccccc1)C1CCC(O)CC1. The number of benzene rings is 1. The minimum absolute atomic E-state index is 0.0809. The maximum absolute atomic E-state index is 12.0. The molecule has 0 unspecified atom stereocenters. The molecule has 0 saturated heterocycles. The zero-order chi connectivity index (χ0) is 13.0. The van der Waals surface area contributed by atoms with Crippen molar-refractivity contribution in [3.8, 4) is 0 Å². The van der Waals surface area contributed by atoms with Crippen LogP contribution < -0.4 is 5.32 Å². The van der Waals surface area contributed by atoms with Crippen LogP contribution in [0.1, 0.15) is 25.7 Å². The monoisotopic (exact) mass is 248 g/mol. The molecule has 4 nitrogen and oxygen atoms in total. The number of anilines is 1. The number of amides is 2. The highest BCUT2D eigenvalue weighted by atomic mass is 16.3. The van der Waals surface area contributed by atoms with Crippen molar-refractivity contribution >= 4 is 11.7 Å². The van der Waals surface area contributed by atoms with E-state index in [1.807, 2.05) is 37.4 Å². The van der Waals surface area contributed by atoms with Gasteiger partial charge in [0.05, 0.1) is 6.10 Å². The molecule has 98 valence electrons. The predicted molar refractivity (Wildman–Crippen MR) is 71.5 cm³/mol. The molecular weight excluding hydrogens is 228 g/mol. The Morgan fingerprint density at radius 1 is 1.22 bits per heavy atom. The molecule has 18 heavy (non-hydrogen) atoms. The molecule has 0 aromatic heterocycles. The fourth-order valence-electron chi connectivity index (χ4n) is 2.34. The Labute approximate surface area is 108 Å². The van der Waals surface area contributed by atoms with Crippen LogP contribution in [0.2, 0.25) is 0 Å². The van der Waals surface area contributed by atoms with Crippen LogP contribution >= 0.6 is 0 Å². The number of carbonyl (C=O) groups excluding carboxylic acids is 1. The number of rotatable bonds is 2. The van der Waals surface area contributed by atoms with E-state index < -0.39 is 0 Å². The number of para-hydroxylation sites is 1. The summed E-state index contributed by atoms with van der Waals surface area (Å²) in [7, 11) is 1.82. The van der Waals surface area contributed by atoms with E-state index in [-0.39, 0.29) is 18.2 Å². The first-order valence-corrected chi connectivity index (χ1v) is 6.44. The van der Waals surface area contributed by atoms with E-state index in [9.17, 15) is 9.90 Å². The predicted octanol–water partition coefficient (Wildman–Crippen LogP) is 2.45. The van der Waals surface area contributed by atoms with E-state index in [4.69, 9.17) is 0 Å². The van der Waals surface area contributed by atoms with Crippen molar-refractivity contribution in [1.29, 1.82) is 0 Å². The van der Waals surface area contributed by atoms with Crippen molar-refractivity contribution in [1.82, 2.24) is 4.90 Å². The molecule has 0 bridgehead atoms. The Hall–Kier alpha value is -1.55. The average molecular weight is 248 g/mol. The Morgan fingerprint density at radius 3 is 2.44 bits per heavy atom. The summed E-state index contributed by atoms with van der Waals surface area (Å²) in [5.74, 6) is 0. The fraction of sp³-hybridized carbons (Fsp3) is 0.500. The van der Waals surface area contributed by atoms with Crippen molar-refractivity contribution in [2.45, 2.75) is 37.8 Å². The first-order chi connectivity index (χ1) is 8.66. The zero-order valence-corrected chi connectivity index (χ0v) is 10.7. The molecular formula is C14H20N2O2. The van der Waals surface area contributed by atoms with Gasteiger partial charge in [0.25, 0.3) is 0 Å². The van der Waals surface area contributed by atoms with E-state index in [2.05, 4.69) is 5.32 Å². The van der Waals surface area contributed by atoms with Crippen molar-refractivity contribution in [3.05, 3.63) is 30.3 Å². The number of aliphatic hydroxyl groups excluding tert-OH is 1. The van der Waals surface area contributed by atoms with Gasteiger partial charge in [-0.1, -0.05) is 18.2 Å². The summed E-state index contributed by atoms with van der Waals surface area (Å²) in [6, 6.07) is 9.60. The molecule has 1 aromatic rings. The summed E-state index contributed by atoms with van der Waals surface area (Å²) in [5, 5.41) is 12.3. The second-order valence-corrected chi connectivity index (χ2v) is 4.87. The van der Waals surface area contributed by atoms with E-state index in [0.717, 1.165) is 31.4 Å². The summed E-state index contributed by atoms with van der Waals surface area (Å²) in [6.07, 6.45) is 3.13. The van der Waals surface area contributed by atoms with E-state index >= 15 is 0 Å². The molecule has 1 aromatic carbocycles. The van der Waals surface area contributed by atoms with E-state index in [1.54, 1.807) is 4.90 Å². The van der Waals surface area contributed by atoms with Crippen molar-refractivity contribution < 1.29 is 9.90 Å². The molecule has 0 aliphatic heterocycles. The molecule has 1 fully saturated rings. The molecule has 2 rings (SSSR count). The van der Waals surface area contributed by atoms with Crippen LogP contribution in [-0.4, -0.2) is 35.2 Å². The van der Waals surface area contributed by atoms with Gasteiger partial charge < -0.3 is 15.3 Å². The lowest BCUT2D eigenvalue weighted by Crippen LogP contribution is -2.42. The zero-order valence-electron chi connectivity index (χ0n) is 10.7. The molecule has 0 atom stereocenters. The number of hydrogen-bond donors (Lipinski definition) is 2. The number of hydrogen-bond acceptors (Lipinski definition) is 2. The Balaban J connectivity index is 1.89. The van der Waals surface area contributed by atoms with Gasteiger partial charge in [0, 0.05) is 18.8 Å². The van der Waals surface area contributed by atoms with Gasteiger partial charge in [0.2, 0.25) is 0 Å². The van der Waals surface area contributed by atoms with E-state index in [0.29, 0.717) is 0 Å². The molecule has 0 spiro atoms. The average Bonchev–Trinajstić information content (AvgIpc) is 2.40. The van der Waals surface area contributed by atoms with Gasteiger partial charge in [-0.05, 0) is 37.8 Å². The quantitative estimate of drug-likeness (QED) is 0.844. The van der Waals surface area contributed by atoms with Gasteiger partial charge in [-0.25, -0.2) is 4.79 Å². The van der Waals surface area contributed by atoms with Crippen LogP contribution in [0, 0.1) is 0 Å². The standard InChI is InChI=1S/C14H20N2O2/c1-16(12-7-9-13(17)10-8-12)14(18)15-11-5-3-2-4-6-11/h2-6,12-13,17H,7-10H2,1H3,(H,15,18). The second-order valence-electron chi connectivity index (χ2n) is 4.87. The molecule has 2 N–H and O–H groups in total. The third kappa shape index (κ3) is 3.23. The number of nitrogens with zero attached hydrogens (tertiary/aromatic N) is 1. The molecule has 1 aliphatic rings. The minimum Gasteiger partial charge on any atom is -0.393 e. The summed E-state index contributed by atoms with van der Waals surface area (Å²) < 4.78 is 0. The molecule has 0 heterocycles. The summed E-state index contributed by atoms with van der Waals surface area (Å²) in [5.41, 5.74) is 0.810. The van der Waals surface area contributed by atoms with Gasteiger partial charge >= 0.3 is 6.03 Å². The van der Waals surface area contributed by atoms with Crippen molar-refractivity contribution in [3.63, 3.8) is 0 Å². The maximum atomic E-state index is 12.0. The minimum atomic E-state index is -0.188. The normalized spacial score (nSPS) is 23.4. The van der Waals surface area contributed by atoms with Crippen LogP contribution in [0.3, 0.4) is 0 Å². The highest BCUT2D eigenvalue weighted by Gasteiger charge is 2.25. The van der Waals surface area contributed by atoms with Crippen LogP contribution in [0.25, 0.3) is 0 Å². The fourth-order valence-corrected chi connectivity index (χ4v) is 2.34. The lowest BCUT2D eigenvalue weighted by atomic mass is 9.92. The molecule has 1 aliphatic carbocycles. The third-order valence-electron chi connectivity index (χ3n) is 3.56. The van der Waals surface area contributed by atoms with Crippen LogP contribution in [-0.2, 0) is 0 Å². The molecule has 2 amide bonds. The number of carbonyl (C=O) groups is 1. The second kappa shape index (κ2) is 5.87. The Kier molecular flexibility index (Phi) is 4.20. The topological polar surface area (TPSA) is 52.6 Å². The lowest BCUT2D eigenvalue weighted by Gasteiger charge is -2.33. The third-order valence-corrected chi connectivity index (χ3v) is 3.56. The Bertz CT molecular complexity index is 386. The Morgan fingerprint density at radius 2 is 1.83 bits per heavy atom. The lowest BCUT2D eigenvalue weighted by molar-refractivity contribution is 0.0943. The van der Waals surface area contributed by atoms with Gasteiger partial charge in [0.1, 0.15) is 0 Å². The van der Waals surface area contributed by atoms with Crippen molar-refractivity contribution in [2.75, 3.05) is 12.4 Å². The molecule has 0 radical (unpaired) electrons. The summed E-state index contributed by atoms with van der Waals surface area (Å²) in [4.78, 5) is 13.8. The van der Waals surface area contributed by atoms with Crippen LogP contribution in [0.5, 0.6) is 0 Å². The van der Waals surface area contributed by atoms with E-state index in [1.165, 1.54) is 0 Å². The number of nitrogens with one attached hydrogen (secondary N) is 1. The summed E-state index contributed by atoms with van der Waals surface area (Å²) in [6.45, 7) is 0. The highest BCUT2D eigenvalue weighted by Crippen LogP contribution is 2.22. The highest BCUT2D eigenvalue weighted by molar-refractivity contribution is 5.89. The van der Waals surface area contributed by atoms with Gasteiger partial charge in [-0.2, -0.15) is 0 Å². The first-order valence-electron chi connectivity index (χ1n) is 6.44. The summed E-state index contributed by atoms with van der Waals surface area (Å²) >= 11 is 0. The smallest absolute Gasteiger partial charge is 0.321 e.